The lowest BCUT2D eigenvalue weighted by molar-refractivity contribution is 0.0635. The molecule has 7 heteroatoms. The van der Waals surface area contributed by atoms with Crippen molar-refractivity contribution in [2.45, 2.75) is 13.0 Å². The Kier molecular flexibility index (Phi) is 5.52. The van der Waals surface area contributed by atoms with Gasteiger partial charge in [-0.15, -0.1) is 0 Å². The van der Waals surface area contributed by atoms with Crippen molar-refractivity contribution < 1.29 is 19.4 Å². The fourth-order valence-corrected chi connectivity index (χ4v) is 2.88. The van der Waals surface area contributed by atoms with Crippen LogP contribution in [0.1, 0.15) is 28.9 Å². The summed E-state index contributed by atoms with van der Waals surface area (Å²) in [4.78, 5) is 14.4. The Bertz CT molecular complexity index is 941. The maximum Gasteiger partial charge on any atom is 0.257 e. The van der Waals surface area contributed by atoms with E-state index in [1.54, 1.807) is 31.2 Å². The molecular weight excluding hydrogens is 349 g/mol. The van der Waals surface area contributed by atoms with Gasteiger partial charge in [-0.3, -0.25) is 9.89 Å². The average Bonchev–Trinajstić information content (AvgIpc) is 3.15. The molecule has 0 fully saturated rings. The molecule has 140 valence electrons. The number of carbonyl (C=O) groups excluding carboxylic acids is 1. The summed E-state index contributed by atoms with van der Waals surface area (Å²) in [7, 11) is 0. The molecule has 1 heterocycles. The van der Waals surface area contributed by atoms with E-state index in [1.807, 2.05) is 0 Å². The third kappa shape index (κ3) is 4.15. The second-order valence-electron chi connectivity index (χ2n) is 6.12. The Labute approximate surface area is 155 Å². The van der Waals surface area contributed by atoms with Gasteiger partial charge in [0, 0.05) is 12.1 Å². The second-order valence-corrected chi connectivity index (χ2v) is 6.12. The van der Waals surface area contributed by atoms with Crippen molar-refractivity contribution >= 4 is 5.91 Å². The number of phenolic OH excluding ortho intramolecular Hbond substituents is 1. The zero-order valence-electron chi connectivity index (χ0n) is 14.8. The monoisotopic (exact) mass is 369 g/mol. The van der Waals surface area contributed by atoms with E-state index in [0.29, 0.717) is 28.9 Å². The molecule has 1 aromatic heterocycles. The zero-order valence-corrected chi connectivity index (χ0v) is 14.8. The van der Waals surface area contributed by atoms with Crippen molar-refractivity contribution in [3.05, 3.63) is 71.7 Å². The minimum atomic E-state index is -0.953. The van der Waals surface area contributed by atoms with Gasteiger partial charge >= 0.3 is 0 Å². The van der Waals surface area contributed by atoms with E-state index >= 15 is 0 Å². The average molecular weight is 369 g/mol. The maximum atomic E-state index is 13.5. The Morgan fingerprint density at radius 1 is 1.26 bits per heavy atom. The summed E-state index contributed by atoms with van der Waals surface area (Å²) in [6.07, 6.45) is 0.442. The standard InChI is InChI=1S/C20H20FN3O3/c1-2-24(12-18(26)13-5-4-8-16(25)10-13)20(27)17-11-22-23-19(17)14-6-3-7-15(21)9-14/h3-11,18,25-26H,2,12H2,1H3,(H,22,23). The largest absolute Gasteiger partial charge is 0.508 e. The first-order valence-electron chi connectivity index (χ1n) is 8.55. The number of aromatic amines is 1. The number of aliphatic hydroxyl groups is 1. The van der Waals surface area contributed by atoms with Gasteiger partial charge in [-0.05, 0) is 36.8 Å². The highest BCUT2D eigenvalue weighted by Gasteiger charge is 2.23. The van der Waals surface area contributed by atoms with Crippen molar-refractivity contribution in [3.63, 3.8) is 0 Å². The SMILES string of the molecule is CCN(CC(O)c1cccc(O)c1)C(=O)c1cn[nH]c1-c1cccc(F)c1. The number of carbonyl (C=O) groups is 1. The number of aromatic nitrogens is 2. The number of phenols is 1. The van der Waals surface area contributed by atoms with E-state index in [-0.39, 0.29) is 18.2 Å². The Morgan fingerprint density at radius 3 is 2.74 bits per heavy atom. The number of nitrogens with one attached hydrogen (secondary N) is 1. The molecule has 0 aliphatic carbocycles. The van der Waals surface area contributed by atoms with Crippen molar-refractivity contribution in [2.24, 2.45) is 0 Å². The van der Waals surface area contributed by atoms with E-state index in [9.17, 15) is 19.4 Å². The predicted octanol–water partition coefficient (Wildman–Crippen LogP) is 3.12. The van der Waals surface area contributed by atoms with Crippen LogP contribution in [-0.4, -0.2) is 44.3 Å². The summed E-state index contributed by atoms with van der Waals surface area (Å²) in [6.45, 7) is 2.21. The highest BCUT2D eigenvalue weighted by atomic mass is 19.1. The van der Waals surface area contributed by atoms with Gasteiger partial charge < -0.3 is 15.1 Å². The maximum absolute atomic E-state index is 13.5. The van der Waals surface area contributed by atoms with Gasteiger partial charge in [0.05, 0.1) is 30.1 Å². The second kappa shape index (κ2) is 8.01. The van der Waals surface area contributed by atoms with Crippen LogP contribution in [0.4, 0.5) is 4.39 Å². The minimum Gasteiger partial charge on any atom is -0.508 e. The van der Waals surface area contributed by atoms with Crippen LogP contribution in [0.15, 0.2) is 54.7 Å². The quantitative estimate of drug-likeness (QED) is 0.623. The number of likely N-dealkylation sites (N-methyl/N-ethyl adjacent to an activating group) is 1. The van der Waals surface area contributed by atoms with Crippen LogP contribution in [0, 0.1) is 5.82 Å². The number of nitrogens with zero attached hydrogens (tertiary/aromatic N) is 2. The number of aromatic hydroxyl groups is 1. The van der Waals surface area contributed by atoms with Crippen molar-refractivity contribution in [3.8, 4) is 17.0 Å². The number of aliphatic hydroxyl groups excluding tert-OH is 1. The molecule has 1 unspecified atom stereocenters. The first-order chi connectivity index (χ1) is 13.0. The summed E-state index contributed by atoms with van der Waals surface area (Å²) in [5, 5.41) is 26.7. The fraction of sp³-hybridized carbons (Fsp3) is 0.200. The molecule has 0 saturated carbocycles. The first-order valence-corrected chi connectivity index (χ1v) is 8.55. The van der Waals surface area contributed by atoms with Gasteiger partial charge in [0.15, 0.2) is 0 Å². The number of amides is 1. The van der Waals surface area contributed by atoms with Crippen LogP contribution in [0.2, 0.25) is 0 Å². The van der Waals surface area contributed by atoms with Crippen molar-refractivity contribution in [1.82, 2.24) is 15.1 Å². The molecule has 3 N–H and O–H groups in total. The summed E-state index contributed by atoms with van der Waals surface area (Å²) >= 11 is 0. The van der Waals surface area contributed by atoms with Gasteiger partial charge in [0.2, 0.25) is 0 Å². The summed E-state index contributed by atoms with van der Waals surface area (Å²) in [5.41, 5.74) is 1.74. The molecule has 0 radical (unpaired) electrons. The molecule has 1 atom stereocenters. The summed E-state index contributed by atoms with van der Waals surface area (Å²) in [5.74, 6) is -0.694. The Hall–Kier alpha value is -3.19. The predicted molar refractivity (Wildman–Crippen MR) is 98.6 cm³/mol. The molecule has 6 nitrogen and oxygen atoms in total. The number of halogens is 1. The molecule has 3 rings (SSSR count). The number of hydrogen-bond donors (Lipinski definition) is 3. The van der Waals surface area contributed by atoms with Gasteiger partial charge in [0.1, 0.15) is 11.6 Å². The van der Waals surface area contributed by atoms with E-state index < -0.39 is 11.9 Å². The third-order valence-electron chi connectivity index (χ3n) is 4.30. The summed E-state index contributed by atoms with van der Waals surface area (Å²) < 4.78 is 13.5. The smallest absolute Gasteiger partial charge is 0.257 e. The molecular formula is C20H20FN3O3. The molecule has 0 spiro atoms. The zero-order chi connectivity index (χ0) is 19.4. The van der Waals surface area contributed by atoms with E-state index in [4.69, 9.17) is 0 Å². The Balaban J connectivity index is 1.83. The van der Waals surface area contributed by atoms with E-state index in [0.717, 1.165) is 0 Å². The van der Waals surface area contributed by atoms with Gasteiger partial charge in [-0.25, -0.2) is 4.39 Å². The van der Waals surface area contributed by atoms with E-state index in [1.165, 1.54) is 35.4 Å². The highest BCUT2D eigenvalue weighted by molar-refractivity contribution is 5.99. The Morgan fingerprint density at radius 2 is 2.04 bits per heavy atom. The molecule has 0 saturated heterocycles. The number of rotatable bonds is 6. The van der Waals surface area contributed by atoms with Gasteiger partial charge in [0.25, 0.3) is 5.91 Å². The van der Waals surface area contributed by atoms with Gasteiger partial charge in [-0.2, -0.15) is 5.10 Å². The molecule has 1 amide bonds. The number of benzene rings is 2. The molecule has 2 aromatic carbocycles. The van der Waals surface area contributed by atoms with Crippen LogP contribution < -0.4 is 0 Å². The van der Waals surface area contributed by atoms with Crippen molar-refractivity contribution in [2.75, 3.05) is 13.1 Å². The lowest BCUT2D eigenvalue weighted by atomic mass is 10.1. The lowest BCUT2D eigenvalue weighted by Gasteiger charge is -2.24. The molecule has 0 aliphatic rings. The summed E-state index contributed by atoms with van der Waals surface area (Å²) in [6, 6.07) is 12.2. The number of H-pyrrole nitrogens is 1. The fourth-order valence-electron chi connectivity index (χ4n) is 2.88. The minimum absolute atomic E-state index is 0.0455. The molecule has 0 aliphatic heterocycles. The number of hydrogen-bond acceptors (Lipinski definition) is 4. The topological polar surface area (TPSA) is 89.4 Å². The lowest BCUT2D eigenvalue weighted by Crippen LogP contribution is -2.34. The third-order valence-corrected chi connectivity index (χ3v) is 4.30. The van der Waals surface area contributed by atoms with Crippen LogP contribution in [0.5, 0.6) is 5.75 Å². The van der Waals surface area contributed by atoms with Crippen molar-refractivity contribution in [1.29, 1.82) is 0 Å². The van der Waals surface area contributed by atoms with Gasteiger partial charge in [-0.1, -0.05) is 24.3 Å². The van der Waals surface area contributed by atoms with Crippen LogP contribution in [0.25, 0.3) is 11.3 Å². The molecule has 3 aromatic rings. The first kappa shape index (κ1) is 18.6. The van der Waals surface area contributed by atoms with Crippen LogP contribution in [0.3, 0.4) is 0 Å². The normalized spacial score (nSPS) is 12.0. The van der Waals surface area contributed by atoms with Crippen LogP contribution >= 0.6 is 0 Å². The van der Waals surface area contributed by atoms with Crippen LogP contribution in [-0.2, 0) is 0 Å². The highest BCUT2D eigenvalue weighted by Crippen LogP contribution is 2.24. The molecule has 0 bridgehead atoms. The van der Waals surface area contributed by atoms with E-state index in [2.05, 4.69) is 10.2 Å². The molecule has 27 heavy (non-hydrogen) atoms.